The summed E-state index contributed by atoms with van der Waals surface area (Å²) in [6.07, 6.45) is 4.80. The maximum Gasteiger partial charge on any atom is 0.258 e. The van der Waals surface area contributed by atoms with E-state index >= 15 is 0 Å². The third-order valence-electron chi connectivity index (χ3n) is 2.37. The lowest BCUT2D eigenvalue weighted by Crippen LogP contribution is -2.26. The molecule has 5 nitrogen and oxygen atoms in total. The Labute approximate surface area is 98.9 Å². The normalized spacial score (nSPS) is 9.94. The second-order valence-corrected chi connectivity index (χ2v) is 3.54. The van der Waals surface area contributed by atoms with E-state index in [4.69, 9.17) is 5.73 Å². The molecule has 2 heterocycles. The van der Waals surface area contributed by atoms with E-state index in [1.807, 2.05) is 6.07 Å². The Morgan fingerprint density at radius 3 is 2.82 bits per heavy atom. The van der Waals surface area contributed by atoms with Gasteiger partial charge >= 0.3 is 0 Å². The van der Waals surface area contributed by atoms with Crippen molar-refractivity contribution in [2.24, 2.45) is 0 Å². The molecule has 0 radical (unpaired) electrons. The topological polar surface area (TPSA) is 72.1 Å². The van der Waals surface area contributed by atoms with Gasteiger partial charge in [0.2, 0.25) is 0 Å². The van der Waals surface area contributed by atoms with Crippen LogP contribution >= 0.6 is 0 Å². The van der Waals surface area contributed by atoms with Crippen molar-refractivity contribution in [2.45, 2.75) is 0 Å². The molecule has 2 aromatic rings. The standard InChI is InChI=1S/C12H12N4O/c1-16(10-3-2-5-14-8-10)12(17)9-4-6-15-11(13)7-9/h2-8H,1H3,(H2,13,15). The molecule has 5 heteroatoms. The first-order valence-electron chi connectivity index (χ1n) is 5.08. The number of aromatic nitrogens is 2. The van der Waals surface area contributed by atoms with Crippen LogP contribution in [-0.2, 0) is 0 Å². The summed E-state index contributed by atoms with van der Waals surface area (Å²) in [5.41, 5.74) is 6.77. The van der Waals surface area contributed by atoms with Gasteiger partial charge in [-0.3, -0.25) is 9.78 Å². The lowest BCUT2D eigenvalue weighted by Gasteiger charge is -2.16. The summed E-state index contributed by atoms with van der Waals surface area (Å²) in [6, 6.07) is 6.77. The van der Waals surface area contributed by atoms with Crippen LogP contribution in [0.15, 0.2) is 42.9 Å². The smallest absolute Gasteiger partial charge is 0.258 e. The number of pyridine rings is 2. The van der Waals surface area contributed by atoms with Crippen molar-refractivity contribution in [3.63, 3.8) is 0 Å². The fraction of sp³-hybridized carbons (Fsp3) is 0.0833. The molecular weight excluding hydrogens is 216 g/mol. The van der Waals surface area contributed by atoms with Crippen molar-refractivity contribution in [2.75, 3.05) is 17.7 Å². The summed E-state index contributed by atoms with van der Waals surface area (Å²) in [4.78, 5) is 21.4. The van der Waals surface area contributed by atoms with Gasteiger partial charge in [-0.25, -0.2) is 4.98 Å². The second-order valence-electron chi connectivity index (χ2n) is 3.54. The van der Waals surface area contributed by atoms with Crippen LogP contribution in [-0.4, -0.2) is 22.9 Å². The van der Waals surface area contributed by atoms with Crippen LogP contribution in [0.1, 0.15) is 10.4 Å². The van der Waals surface area contributed by atoms with E-state index in [2.05, 4.69) is 9.97 Å². The van der Waals surface area contributed by atoms with E-state index in [1.165, 1.54) is 11.1 Å². The predicted octanol–water partition coefficient (Wildman–Crippen LogP) is 1.34. The number of nitrogens with two attached hydrogens (primary N) is 1. The first-order chi connectivity index (χ1) is 8.18. The van der Waals surface area contributed by atoms with Crippen LogP contribution in [0, 0.1) is 0 Å². The highest BCUT2D eigenvalue weighted by Crippen LogP contribution is 2.14. The summed E-state index contributed by atoms with van der Waals surface area (Å²) in [7, 11) is 1.69. The highest BCUT2D eigenvalue weighted by Gasteiger charge is 2.13. The summed E-state index contributed by atoms with van der Waals surface area (Å²) < 4.78 is 0. The molecule has 0 aliphatic carbocycles. The van der Waals surface area contributed by atoms with Gasteiger partial charge in [-0.05, 0) is 24.3 Å². The number of amides is 1. The molecule has 17 heavy (non-hydrogen) atoms. The van der Waals surface area contributed by atoms with Gasteiger partial charge in [0.25, 0.3) is 5.91 Å². The highest BCUT2D eigenvalue weighted by atomic mass is 16.2. The molecule has 0 bridgehead atoms. The maximum absolute atomic E-state index is 12.1. The summed E-state index contributed by atoms with van der Waals surface area (Å²) in [6.45, 7) is 0. The lowest BCUT2D eigenvalue weighted by atomic mass is 10.2. The van der Waals surface area contributed by atoms with Gasteiger partial charge in [0.1, 0.15) is 5.82 Å². The van der Waals surface area contributed by atoms with Crippen molar-refractivity contribution in [1.29, 1.82) is 0 Å². The first-order valence-corrected chi connectivity index (χ1v) is 5.08. The minimum Gasteiger partial charge on any atom is -0.384 e. The van der Waals surface area contributed by atoms with E-state index in [0.29, 0.717) is 11.4 Å². The van der Waals surface area contributed by atoms with E-state index in [9.17, 15) is 4.79 Å². The Balaban J connectivity index is 2.27. The van der Waals surface area contributed by atoms with Crippen LogP contribution in [0.2, 0.25) is 0 Å². The molecular formula is C12H12N4O. The Hall–Kier alpha value is -2.43. The molecule has 0 aliphatic rings. The lowest BCUT2D eigenvalue weighted by molar-refractivity contribution is 0.0993. The fourth-order valence-corrected chi connectivity index (χ4v) is 1.44. The number of nitrogens with zero attached hydrogens (tertiary/aromatic N) is 3. The molecule has 0 saturated carbocycles. The fourth-order valence-electron chi connectivity index (χ4n) is 1.44. The zero-order chi connectivity index (χ0) is 12.3. The number of carbonyl (C=O) groups is 1. The van der Waals surface area contributed by atoms with Crippen LogP contribution in [0.5, 0.6) is 0 Å². The Morgan fingerprint density at radius 1 is 1.35 bits per heavy atom. The van der Waals surface area contributed by atoms with E-state index < -0.39 is 0 Å². The van der Waals surface area contributed by atoms with Crippen molar-refractivity contribution in [3.05, 3.63) is 48.4 Å². The summed E-state index contributed by atoms with van der Waals surface area (Å²) in [5.74, 6) is 0.183. The monoisotopic (exact) mass is 228 g/mol. The molecule has 0 atom stereocenters. The number of hydrogen-bond acceptors (Lipinski definition) is 4. The van der Waals surface area contributed by atoms with Gasteiger partial charge in [-0.2, -0.15) is 0 Å². The second kappa shape index (κ2) is 4.61. The molecule has 0 aromatic carbocycles. The number of rotatable bonds is 2. The predicted molar refractivity (Wildman–Crippen MR) is 65.6 cm³/mol. The van der Waals surface area contributed by atoms with Crippen molar-refractivity contribution in [3.8, 4) is 0 Å². The third-order valence-corrected chi connectivity index (χ3v) is 2.37. The molecule has 2 rings (SSSR count). The van der Waals surface area contributed by atoms with Crippen molar-refractivity contribution >= 4 is 17.4 Å². The molecule has 0 spiro atoms. The molecule has 0 unspecified atom stereocenters. The van der Waals surface area contributed by atoms with Crippen LogP contribution in [0.3, 0.4) is 0 Å². The number of anilines is 2. The minimum absolute atomic E-state index is 0.146. The quantitative estimate of drug-likeness (QED) is 0.841. The Morgan fingerprint density at radius 2 is 2.18 bits per heavy atom. The first kappa shape index (κ1) is 11.1. The van der Waals surface area contributed by atoms with Crippen LogP contribution < -0.4 is 10.6 Å². The molecule has 0 aliphatic heterocycles. The van der Waals surface area contributed by atoms with Gasteiger partial charge in [0.05, 0.1) is 11.9 Å². The van der Waals surface area contributed by atoms with E-state index in [0.717, 1.165) is 5.69 Å². The van der Waals surface area contributed by atoms with Gasteiger partial charge < -0.3 is 10.6 Å². The molecule has 1 amide bonds. The minimum atomic E-state index is -0.146. The Bertz CT molecular complexity index is 527. The number of hydrogen-bond donors (Lipinski definition) is 1. The average Bonchev–Trinajstić information content (AvgIpc) is 2.38. The molecule has 2 N–H and O–H groups in total. The van der Waals surface area contributed by atoms with E-state index in [-0.39, 0.29) is 5.91 Å². The van der Waals surface area contributed by atoms with Crippen molar-refractivity contribution in [1.82, 2.24) is 9.97 Å². The number of nitrogen functional groups attached to an aromatic ring is 1. The summed E-state index contributed by atoms with van der Waals surface area (Å²) >= 11 is 0. The SMILES string of the molecule is CN(C(=O)c1ccnc(N)c1)c1cccnc1. The van der Waals surface area contributed by atoms with E-state index in [1.54, 1.807) is 37.6 Å². The maximum atomic E-state index is 12.1. The zero-order valence-corrected chi connectivity index (χ0v) is 9.37. The Kier molecular flexibility index (Phi) is 3.00. The largest absolute Gasteiger partial charge is 0.384 e. The number of carbonyl (C=O) groups excluding carboxylic acids is 1. The molecule has 0 fully saturated rings. The van der Waals surface area contributed by atoms with Gasteiger partial charge in [-0.15, -0.1) is 0 Å². The molecule has 0 saturated heterocycles. The van der Waals surface area contributed by atoms with Crippen LogP contribution in [0.4, 0.5) is 11.5 Å². The van der Waals surface area contributed by atoms with Crippen molar-refractivity contribution < 1.29 is 4.79 Å². The summed E-state index contributed by atoms with van der Waals surface area (Å²) in [5, 5.41) is 0. The molecule has 86 valence electrons. The van der Waals surface area contributed by atoms with Gasteiger partial charge in [0.15, 0.2) is 0 Å². The third kappa shape index (κ3) is 2.39. The van der Waals surface area contributed by atoms with Crippen LogP contribution in [0.25, 0.3) is 0 Å². The average molecular weight is 228 g/mol. The molecule has 2 aromatic heterocycles. The highest BCUT2D eigenvalue weighted by molar-refractivity contribution is 6.05. The van der Waals surface area contributed by atoms with Gasteiger partial charge in [0, 0.05) is 25.0 Å². The van der Waals surface area contributed by atoms with Gasteiger partial charge in [-0.1, -0.05) is 0 Å². The zero-order valence-electron chi connectivity index (χ0n) is 9.37.